The predicted octanol–water partition coefficient (Wildman–Crippen LogP) is 1.75. The first-order valence-corrected chi connectivity index (χ1v) is 3.80. The fraction of sp³-hybridized carbons (Fsp3) is 0.300. The van der Waals surface area contributed by atoms with Crippen LogP contribution in [0.25, 0.3) is 0 Å². The molecular formula is C10H13NO. The Kier molecular flexibility index (Phi) is 6.91. The average Bonchev–Trinajstić information content (AvgIpc) is 2.08. The smallest absolute Gasteiger partial charge is 0.0587 e. The Balaban J connectivity index is 0.000000354. The Labute approximate surface area is 73.1 Å². The van der Waals surface area contributed by atoms with Gasteiger partial charge in [0.2, 0.25) is 0 Å². The third-order valence-electron chi connectivity index (χ3n) is 1.24. The van der Waals surface area contributed by atoms with E-state index >= 15 is 0 Å². The van der Waals surface area contributed by atoms with Gasteiger partial charge in [0, 0.05) is 13.5 Å². The summed E-state index contributed by atoms with van der Waals surface area (Å²) in [5.74, 6) is 0. The van der Waals surface area contributed by atoms with E-state index in [0.717, 1.165) is 6.42 Å². The molecule has 0 unspecified atom stereocenters. The van der Waals surface area contributed by atoms with Crippen LogP contribution in [0.1, 0.15) is 12.5 Å². The molecule has 0 radical (unpaired) electrons. The van der Waals surface area contributed by atoms with Crippen LogP contribution < -0.4 is 0 Å². The zero-order valence-corrected chi connectivity index (χ0v) is 7.20. The summed E-state index contributed by atoms with van der Waals surface area (Å²) >= 11 is 0. The van der Waals surface area contributed by atoms with E-state index in [0.29, 0.717) is 0 Å². The highest BCUT2D eigenvalue weighted by molar-refractivity contribution is 5.14. The van der Waals surface area contributed by atoms with E-state index in [9.17, 15) is 0 Å². The molecule has 0 bridgehead atoms. The molecule has 0 atom stereocenters. The Bertz CT molecular complexity index is 225. The third-order valence-corrected chi connectivity index (χ3v) is 1.24. The molecule has 12 heavy (non-hydrogen) atoms. The van der Waals surface area contributed by atoms with Gasteiger partial charge in [0.15, 0.2) is 0 Å². The molecule has 0 heterocycles. The molecule has 0 aliphatic rings. The fourth-order valence-corrected chi connectivity index (χ4v) is 0.774. The van der Waals surface area contributed by atoms with Gasteiger partial charge < -0.3 is 5.11 Å². The molecule has 0 aliphatic carbocycles. The lowest BCUT2D eigenvalue weighted by Crippen LogP contribution is -1.88. The summed E-state index contributed by atoms with van der Waals surface area (Å²) in [5, 5.41) is 15.8. The van der Waals surface area contributed by atoms with E-state index in [1.54, 1.807) is 6.07 Å². The lowest BCUT2D eigenvalue weighted by molar-refractivity contribution is 0.299. The Morgan fingerprint density at radius 3 is 2.25 bits per heavy atom. The van der Waals surface area contributed by atoms with Crippen molar-refractivity contribution in [2.24, 2.45) is 0 Å². The van der Waals surface area contributed by atoms with Crippen molar-refractivity contribution in [3.05, 3.63) is 35.9 Å². The molecule has 0 aromatic heterocycles. The molecule has 1 rings (SSSR count). The number of aliphatic hydroxyl groups excluding tert-OH is 1. The predicted molar refractivity (Wildman–Crippen MR) is 48.5 cm³/mol. The number of rotatable bonds is 2. The van der Waals surface area contributed by atoms with Gasteiger partial charge in [-0.1, -0.05) is 30.3 Å². The number of nitrogens with zero attached hydrogens (tertiary/aromatic N) is 1. The Hall–Kier alpha value is -1.33. The van der Waals surface area contributed by atoms with E-state index < -0.39 is 0 Å². The normalized spacial score (nSPS) is 7.75. The van der Waals surface area contributed by atoms with Crippen LogP contribution in [0, 0.1) is 11.3 Å². The van der Waals surface area contributed by atoms with Crippen molar-refractivity contribution in [1.82, 2.24) is 0 Å². The van der Waals surface area contributed by atoms with Crippen LogP contribution >= 0.6 is 0 Å². The lowest BCUT2D eigenvalue weighted by Gasteiger charge is -1.93. The lowest BCUT2D eigenvalue weighted by atomic mass is 10.2. The van der Waals surface area contributed by atoms with E-state index in [1.165, 1.54) is 12.5 Å². The second-order valence-corrected chi connectivity index (χ2v) is 2.18. The van der Waals surface area contributed by atoms with Gasteiger partial charge in [-0.2, -0.15) is 5.26 Å². The molecule has 1 aromatic rings. The molecule has 2 nitrogen and oxygen atoms in total. The largest absolute Gasteiger partial charge is 0.396 e. The second kappa shape index (κ2) is 7.77. The number of benzene rings is 1. The second-order valence-electron chi connectivity index (χ2n) is 2.18. The van der Waals surface area contributed by atoms with E-state index in [2.05, 4.69) is 0 Å². The van der Waals surface area contributed by atoms with Crippen LogP contribution in [0.3, 0.4) is 0 Å². The zero-order chi connectivity index (χ0) is 9.23. The molecule has 1 N–H and O–H groups in total. The maximum Gasteiger partial charge on any atom is 0.0587 e. The van der Waals surface area contributed by atoms with Crippen molar-refractivity contribution in [3.8, 4) is 6.07 Å². The summed E-state index contributed by atoms with van der Waals surface area (Å²) in [6.07, 6.45) is 0.765. The van der Waals surface area contributed by atoms with Crippen LogP contribution in [-0.4, -0.2) is 11.7 Å². The molecule has 0 aliphatic heterocycles. The minimum atomic E-state index is 0.240. The van der Waals surface area contributed by atoms with Crippen molar-refractivity contribution in [2.75, 3.05) is 6.61 Å². The van der Waals surface area contributed by atoms with Crippen molar-refractivity contribution >= 4 is 0 Å². The van der Waals surface area contributed by atoms with Gasteiger partial charge in [-0.15, -0.1) is 0 Å². The van der Waals surface area contributed by atoms with Crippen molar-refractivity contribution in [1.29, 1.82) is 5.26 Å². The first kappa shape index (κ1) is 10.7. The van der Waals surface area contributed by atoms with Gasteiger partial charge in [0.25, 0.3) is 0 Å². The molecule has 0 saturated carbocycles. The highest BCUT2D eigenvalue weighted by Gasteiger charge is 1.85. The quantitative estimate of drug-likeness (QED) is 0.721. The summed E-state index contributed by atoms with van der Waals surface area (Å²) in [5.41, 5.74) is 1.19. The Morgan fingerprint density at radius 2 is 1.83 bits per heavy atom. The van der Waals surface area contributed by atoms with Crippen LogP contribution in [0.4, 0.5) is 0 Å². The molecule has 2 heteroatoms. The van der Waals surface area contributed by atoms with Crippen LogP contribution in [0.15, 0.2) is 30.3 Å². The standard InChI is InChI=1S/C8H10O.C2H3N/c9-7-6-8-4-2-1-3-5-8;1-2-3/h1-5,9H,6-7H2;1H3. The molecule has 0 saturated heterocycles. The monoisotopic (exact) mass is 163 g/mol. The first-order chi connectivity index (χ1) is 5.85. The number of nitriles is 1. The summed E-state index contributed by atoms with van der Waals surface area (Å²) in [7, 11) is 0. The number of hydrogen-bond acceptors (Lipinski definition) is 2. The molecule has 0 spiro atoms. The zero-order valence-electron chi connectivity index (χ0n) is 7.20. The molecule has 0 amide bonds. The van der Waals surface area contributed by atoms with Crippen LogP contribution in [-0.2, 0) is 6.42 Å². The molecule has 64 valence electrons. The minimum absolute atomic E-state index is 0.240. The molecular weight excluding hydrogens is 150 g/mol. The van der Waals surface area contributed by atoms with Gasteiger partial charge in [-0.25, -0.2) is 0 Å². The molecule has 0 fully saturated rings. The highest BCUT2D eigenvalue weighted by Crippen LogP contribution is 1.97. The number of hydrogen-bond donors (Lipinski definition) is 1. The van der Waals surface area contributed by atoms with Crippen LogP contribution in [0.5, 0.6) is 0 Å². The summed E-state index contributed by atoms with van der Waals surface area (Å²) in [6, 6.07) is 11.7. The topological polar surface area (TPSA) is 44.0 Å². The van der Waals surface area contributed by atoms with Gasteiger partial charge in [0.05, 0.1) is 6.07 Å². The van der Waals surface area contributed by atoms with E-state index in [1.807, 2.05) is 30.3 Å². The van der Waals surface area contributed by atoms with Crippen molar-refractivity contribution < 1.29 is 5.11 Å². The SMILES string of the molecule is CC#N.OCCc1ccccc1. The first-order valence-electron chi connectivity index (χ1n) is 3.80. The van der Waals surface area contributed by atoms with E-state index in [4.69, 9.17) is 10.4 Å². The maximum atomic E-state index is 8.52. The maximum absolute atomic E-state index is 8.52. The Morgan fingerprint density at radius 1 is 1.33 bits per heavy atom. The number of aliphatic hydroxyl groups is 1. The van der Waals surface area contributed by atoms with E-state index in [-0.39, 0.29) is 6.61 Å². The van der Waals surface area contributed by atoms with Crippen molar-refractivity contribution in [2.45, 2.75) is 13.3 Å². The van der Waals surface area contributed by atoms with Gasteiger partial charge >= 0.3 is 0 Å². The summed E-state index contributed by atoms with van der Waals surface area (Å²) in [6.45, 7) is 1.67. The van der Waals surface area contributed by atoms with Gasteiger partial charge in [0.1, 0.15) is 0 Å². The summed E-state index contributed by atoms with van der Waals surface area (Å²) in [4.78, 5) is 0. The van der Waals surface area contributed by atoms with Crippen molar-refractivity contribution in [3.63, 3.8) is 0 Å². The van der Waals surface area contributed by atoms with Gasteiger partial charge in [-0.05, 0) is 12.0 Å². The van der Waals surface area contributed by atoms with Gasteiger partial charge in [-0.3, -0.25) is 0 Å². The molecule has 1 aromatic carbocycles. The fourth-order valence-electron chi connectivity index (χ4n) is 0.774. The minimum Gasteiger partial charge on any atom is -0.396 e. The highest BCUT2D eigenvalue weighted by atomic mass is 16.2. The average molecular weight is 163 g/mol. The van der Waals surface area contributed by atoms with Crippen LogP contribution in [0.2, 0.25) is 0 Å². The summed E-state index contributed by atoms with van der Waals surface area (Å²) < 4.78 is 0. The third kappa shape index (κ3) is 5.45.